The molecule has 1 amide bonds. The van der Waals surface area contributed by atoms with Gasteiger partial charge < -0.3 is 4.74 Å². The number of nitrogens with one attached hydrogen (secondary N) is 1. The molecule has 3 rings (SSSR count). The van der Waals surface area contributed by atoms with Crippen molar-refractivity contribution in [2.45, 2.75) is 39.9 Å². The van der Waals surface area contributed by atoms with E-state index in [0.717, 1.165) is 10.4 Å². The lowest BCUT2D eigenvalue weighted by Crippen LogP contribution is -2.43. The number of carbonyl (C=O) groups is 1. The second-order valence-electron chi connectivity index (χ2n) is 8.34. The number of amides is 1. The predicted molar refractivity (Wildman–Crippen MR) is 102 cm³/mol. The molecule has 152 valence electrons. The van der Waals surface area contributed by atoms with Crippen molar-refractivity contribution in [1.82, 2.24) is 10.4 Å². The number of benzene rings is 2. The first-order chi connectivity index (χ1) is 13.0. The molecule has 1 aliphatic heterocycles. The lowest BCUT2D eigenvalue weighted by Gasteiger charge is -2.30. The zero-order valence-electron chi connectivity index (χ0n) is 16.4. The topological polar surface area (TPSA) is 41.6 Å². The Kier molecular flexibility index (Phi) is 5.32. The summed E-state index contributed by atoms with van der Waals surface area (Å²) in [6.07, 6.45) is -4.56. The molecule has 0 aliphatic carbocycles. The van der Waals surface area contributed by atoms with Gasteiger partial charge in [0, 0.05) is 11.9 Å². The summed E-state index contributed by atoms with van der Waals surface area (Å²) in [7, 11) is 0. The summed E-state index contributed by atoms with van der Waals surface area (Å²) in [5, 5.41) is 2.41. The lowest BCUT2D eigenvalue weighted by atomic mass is 9.93. The number of alkyl halides is 3. The Labute approximate surface area is 162 Å². The molecule has 0 bridgehead atoms. The van der Waals surface area contributed by atoms with Gasteiger partial charge in [-0.3, -0.25) is 10.2 Å². The average molecular weight is 394 g/mol. The highest BCUT2D eigenvalue weighted by molar-refractivity contribution is 5.89. The van der Waals surface area contributed by atoms with Crippen LogP contribution in [0.25, 0.3) is 10.8 Å². The molecular weight excluding hydrogens is 369 g/mol. The van der Waals surface area contributed by atoms with Crippen molar-refractivity contribution in [3.8, 4) is 5.75 Å². The lowest BCUT2D eigenvalue weighted by molar-refractivity contribution is -0.191. The van der Waals surface area contributed by atoms with Gasteiger partial charge in [-0.15, -0.1) is 0 Å². The minimum Gasteiger partial charge on any atom is -0.493 e. The molecule has 1 unspecified atom stereocenters. The number of halogens is 3. The van der Waals surface area contributed by atoms with Crippen LogP contribution in [-0.4, -0.2) is 30.2 Å². The molecule has 28 heavy (non-hydrogen) atoms. The minimum atomic E-state index is -4.56. The molecule has 1 fully saturated rings. The third-order valence-electron chi connectivity index (χ3n) is 4.78. The van der Waals surface area contributed by atoms with E-state index in [1.807, 2.05) is 26.0 Å². The molecule has 1 heterocycles. The number of hydrogen-bond acceptors (Lipinski definition) is 3. The highest BCUT2D eigenvalue weighted by Gasteiger charge is 2.51. The molecule has 0 spiro atoms. The van der Waals surface area contributed by atoms with Crippen molar-refractivity contribution in [3.05, 3.63) is 42.0 Å². The minimum absolute atomic E-state index is 0.0367. The number of rotatable bonds is 5. The SMILES string of the molecule is CC(C)COc1cc(C(N2CC(C)(C)C(=O)N2)C(F)(F)F)cc2ccccc12. The first-order valence-electron chi connectivity index (χ1n) is 9.29. The second kappa shape index (κ2) is 7.28. The van der Waals surface area contributed by atoms with Crippen LogP contribution in [0.4, 0.5) is 13.2 Å². The predicted octanol–water partition coefficient (Wildman–Crippen LogP) is 4.85. The third-order valence-corrected chi connectivity index (χ3v) is 4.78. The van der Waals surface area contributed by atoms with Gasteiger partial charge >= 0.3 is 6.18 Å². The van der Waals surface area contributed by atoms with E-state index < -0.39 is 23.5 Å². The van der Waals surface area contributed by atoms with E-state index in [2.05, 4.69) is 5.43 Å². The van der Waals surface area contributed by atoms with Crippen LogP contribution in [0, 0.1) is 11.3 Å². The molecule has 0 radical (unpaired) electrons. The fourth-order valence-corrected chi connectivity index (χ4v) is 3.35. The van der Waals surface area contributed by atoms with Crippen molar-refractivity contribution in [2.24, 2.45) is 11.3 Å². The van der Waals surface area contributed by atoms with Gasteiger partial charge in [0.1, 0.15) is 11.8 Å². The molecule has 2 aromatic carbocycles. The number of nitrogens with zero attached hydrogens (tertiary/aromatic N) is 1. The number of fused-ring (bicyclic) bond motifs is 1. The Balaban J connectivity index is 2.09. The van der Waals surface area contributed by atoms with Gasteiger partial charge in [0.25, 0.3) is 0 Å². The quantitative estimate of drug-likeness (QED) is 0.788. The van der Waals surface area contributed by atoms with Crippen LogP contribution in [0.1, 0.15) is 39.3 Å². The van der Waals surface area contributed by atoms with Gasteiger partial charge in [0.05, 0.1) is 12.0 Å². The van der Waals surface area contributed by atoms with E-state index in [4.69, 9.17) is 4.74 Å². The summed E-state index contributed by atoms with van der Waals surface area (Å²) in [5.74, 6) is 0.235. The maximum absolute atomic E-state index is 14.0. The molecule has 1 N–H and O–H groups in total. The van der Waals surface area contributed by atoms with Crippen LogP contribution in [0.2, 0.25) is 0 Å². The molecule has 2 aromatic rings. The van der Waals surface area contributed by atoms with Crippen LogP contribution in [0.3, 0.4) is 0 Å². The molecule has 1 saturated heterocycles. The van der Waals surface area contributed by atoms with E-state index in [1.165, 1.54) is 12.1 Å². The Hall–Kier alpha value is -2.28. The van der Waals surface area contributed by atoms with Crippen LogP contribution in [0.15, 0.2) is 36.4 Å². The molecule has 4 nitrogen and oxygen atoms in total. The molecule has 0 aromatic heterocycles. The van der Waals surface area contributed by atoms with Gasteiger partial charge in [-0.2, -0.15) is 13.2 Å². The van der Waals surface area contributed by atoms with Gasteiger partial charge in [-0.05, 0) is 42.8 Å². The maximum Gasteiger partial charge on any atom is 0.409 e. The fourth-order valence-electron chi connectivity index (χ4n) is 3.35. The van der Waals surface area contributed by atoms with Crippen LogP contribution < -0.4 is 10.2 Å². The van der Waals surface area contributed by atoms with E-state index in [9.17, 15) is 18.0 Å². The van der Waals surface area contributed by atoms with Crippen molar-refractivity contribution in [1.29, 1.82) is 0 Å². The Morgan fingerprint density at radius 1 is 1.21 bits per heavy atom. The molecule has 7 heteroatoms. The first-order valence-corrected chi connectivity index (χ1v) is 9.29. The molecular formula is C21H25F3N2O2. The highest BCUT2D eigenvalue weighted by Crippen LogP contribution is 2.43. The first kappa shape index (κ1) is 20.5. The number of hydrazine groups is 1. The van der Waals surface area contributed by atoms with E-state index in [-0.39, 0.29) is 18.0 Å². The molecule has 1 atom stereocenters. The van der Waals surface area contributed by atoms with Gasteiger partial charge in [0.2, 0.25) is 5.91 Å². The van der Waals surface area contributed by atoms with Crippen molar-refractivity contribution in [3.63, 3.8) is 0 Å². The third kappa shape index (κ3) is 4.09. The second-order valence-corrected chi connectivity index (χ2v) is 8.34. The fraction of sp³-hybridized carbons (Fsp3) is 0.476. The largest absolute Gasteiger partial charge is 0.493 e. The van der Waals surface area contributed by atoms with Gasteiger partial charge in [0.15, 0.2) is 0 Å². The number of ether oxygens (including phenoxy) is 1. The maximum atomic E-state index is 14.0. The summed E-state index contributed by atoms with van der Waals surface area (Å²) >= 11 is 0. The normalized spacial score (nSPS) is 18.5. The van der Waals surface area contributed by atoms with Crippen LogP contribution in [-0.2, 0) is 4.79 Å². The van der Waals surface area contributed by atoms with Crippen LogP contribution in [0.5, 0.6) is 5.75 Å². The van der Waals surface area contributed by atoms with E-state index in [0.29, 0.717) is 17.7 Å². The monoisotopic (exact) mass is 394 g/mol. The summed E-state index contributed by atoms with van der Waals surface area (Å²) < 4.78 is 48.0. The highest BCUT2D eigenvalue weighted by atomic mass is 19.4. The number of carbonyl (C=O) groups excluding carboxylic acids is 1. The van der Waals surface area contributed by atoms with Gasteiger partial charge in [-0.1, -0.05) is 38.1 Å². The summed E-state index contributed by atoms with van der Waals surface area (Å²) in [4.78, 5) is 12.1. The van der Waals surface area contributed by atoms with Gasteiger partial charge in [-0.25, -0.2) is 5.01 Å². The summed E-state index contributed by atoms with van der Waals surface area (Å²) in [6, 6.07) is 8.22. The van der Waals surface area contributed by atoms with Crippen molar-refractivity contribution >= 4 is 16.7 Å². The van der Waals surface area contributed by atoms with Crippen LogP contribution >= 0.6 is 0 Å². The molecule has 0 saturated carbocycles. The zero-order chi connectivity index (χ0) is 20.7. The smallest absolute Gasteiger partial charge is 0.409 e. The molecule has 1 aliphatic rings. The van der Waals surface area contributed by atoms with E-state index in [1.54, 1.807) is 26.0 Å². The zero-order valence-corrected chi connectivity index (χ0v) is 16.4. The Bertz CT molecular complexity index is 878. The summed E-state index contributed by atoms with van der Waals surface area (Å²) in [5.41, 5.74) is 1.55. The van der Waals surface area contributed by atoms with E-state index >= 15 is 0 Å². The van der Waals surface area contributed by atoms with Crippen molar-refractivity contribution < 1.29 is 22.7 Å². The van der Waals surface area contributed by atoms with Crippen molar-refractivity contribution in [2.75, 3.05) is 13.2 Å². The number of hydrogen-bond donors (Lipinski definition) is 1. The standard InChI is InChI=1S/C21H25F3N2O2/c1-13(2)11-28-17-10-15(9-14-7-5-6-8-16(14)17)18(21(22,23)24)26-12-20(3,4)19(27)25-26/h5-10,13,18H,11-12H2,1-4H3,(H,25,27). The average Bonchev–Trinajstić information content (AvgIpc) is 2.83. The Morgan fingerprint density at radius 3 is 2.46 bits per heavy atom. The summed E-state index contributed by atoms with van der Waals surface area (Å²) in [6.45, 7) is 7.59. The Morgan fingerprint density at radius 2 is 1.89 bits per heavy atom.